The second-order valence-electron chi connectivity index (χ2n) is 6.61. The van der Waals surface area contributed by atoms with Crippen molar-refractivity contribution in [2.24, 2.45) is 0 Å². The zero-order valence-corrected chi connectivity index (χ0v) is 21.7. The molecule has 0 radical (unpaired) electrons. The van der Waals surface area contributed by atoms with Gasteiger partial charge in [-0.05, 0) is 25.7 Å². The fourth-order valence-electron chi connectivity index (χ4n) is 0.971. The molecular formula is C22H48O14. The molecule has 0 atom stereocenters. The van der Waals surface area contributed by atoms with E-state index in [0.29, 0.717) is 25.7 Å². The largest absolute Gasteiger partial charge is 0.481 e. The third kappa shape index (κ3) is 95.5. The summed E-state index contributed by atoms with van der Waals surface area (Å²) in [5.74, 6) is -2.84. The van der Waals surface area contributed by atoms with Crippen LogP contribution in [0.4, 0.5) is 0 Å². The quantitative estimate of drug-likeness (QED) is 0.159. The molecule has 220 valence electrons. The SMILES string of the molecule is CCCC(=O)O.CCCC(=O)O.CCCC(=O)O.CCCC(=O)O.OCC(O)CO.OCC(O)CO. The van der Waals surface area contributed by atoms with Crippen molar-refractivity contribution in [3.63, 3.8) is 0 Å². The normalized spacial score (nSPS) is 8.78. The Balaban J connectivity index is -0.0000000750. The van der Waals surface area contributed by atoms with Gasteiger partial charge in [0.2, 0.25) is 0 Å². The summed E-state index contributed by atoms with van der Waals surface area (Å²) in [6, 6.07) is 0. The molecule has 0 heterocycles. The maximum atomic E-state index is 9.60. The predicted molar refractivity (Wildman–Crippen MR) is 131 cm³/mol. The van der Waals surface area contributed by atoms with Crippen LogP contribution in [0.5, 0.6) is 0 Å². The van der Waals surface area contributed by atoms with Crippen molar-refractivity contribution in [1.82, 2.24) is 0 Å². The van der Waals surface area contributed by atoms with Crippen molar-refractivity contribution in [2.75, 3.05) is 26.4 Å². The van der Waals surface area contributed by atoms with Crippen molar-refractivity contribution in [3.8, 4) is 0 Å². The highest BCUT2D eigenvalue weighted by molar-refractivity contribution is 5.67. The molecule has 0 spiro atoms. The Kier molecular flexibility index (Phi) is 55.7. The van der Waals surface area contributed by atoms with Gasteiger partial charge in [0, 0.05) is 25.7 Å². The first kappa shape index (κ1) is 46.9. The van der Waals surface area contributed by atoms with Crippen LogP contribution >= 0.6 is 0 Å². The number of carboxylic acid groups (broad SMARTS) is 4. The molecule has 0 aromatic carbocycles. The number of aliphatic hydroxyl groups is 6. The van der Waals surface area contributed by atoms with Gasteiger partial charge >= 0.3 is 23.9 Å². The average molecular weight is 537 g/mol. The van der Waals surface area contributed by atoms with Gasteiger partial charge in [-0.2, -0.15) is 0 Å². The highest BCUT2D eigenvalue weighted by atomic mass is 16.4. The number of aliphatic hydroxyl groups excluding tert-OH is 6. The Morgan fingerprint density at radius 1 is 0.444 bits per heavy atom. The van der Waals surface area contributed by atoms with E-state index in [-0.39, 0.29) is 26.4 Å². The molecule has 0 aliphatic rings. The number of rotatable bonds is 12. The van der Waals surface area contributed by atoms with E-state index < -0.39 is 36.1 Å². The van der Waals surface area contributed by atoms with E-state index in [2.05, 4.69) is 0 Å². The van der Waals surface area contributed by atoms with Crippen molar-refractivity contribution in [2.45, 2.75) is 91.3 Å². The molecule has 0 aliphatic carbocycles. The van der Waals surface area contributed by atoms with Crippen LogP contribution in [0.2, 0.25) is 0 Å². The highest BCUT2D eigenvalue weighted by Gasteiger charge is 1.94. The molecule has 0 aromatic rings. The van der Waals surface area contributed by atoms with Crippen LogP contribution in [-0.2, 0) is 19.2 Å². The first-order valence-corrected chi connectivity index (χ1v) is 11.4. The predicted octanol–water partition coefficient (Wildman–Crippen LogP) is 0.148. The lowest BCUT2D eigenvalue weighted by atomic mass is 10.4. The van der Waals surface area contributed by atoms with E-state index in [9.17, 15) is 19.2 Å². The molecule has 14 heteroatoms. The van der Waals surface area contributed by atoms with Crippen LogP contribution in [0.1, 0.15) is 79.1 Å². The second kappa shape index (κ2) is 42.8. The van der Waals surface area contributed by atoms with E-state index in [0.717, 1.165) is 25.7 Å². The van der Waals surface area contributed by atoms with Gasteiger partial charge in [0.05, 0.1) is 26.4 Å². The summed E-state index contributed by atoms with van der Waals surface area (Å²) in [5, 5.41) is 79.7. The maximum absolute atomic E-state index is 9.60. The first-order chi connectivity index (χ1) is 16.7. The van der Waals surface area contributed by atoms with Gasteiger partial charge in [-0.3, -0.25) is 19.2 Å². The molecule has 0 rings (SSSR count). The molecule has 0 amide bonds. The summed E-state index contributed by atoms with van der Waals surface area (Å²) in [6.07, 6.45) is 2.19. The van der Waals surface area contributed by atoms with E-state index in [1.807, 2.05) is 27.7 Å². The molecule has 0 aromatic heterocycles. The Bertz CT molecular complexity index is 390. The van der Waals surface area contributed by atoms with Crippen LogP contribution in [-0.4, -0.2) is 114 Å². The summed E-state index contributed by atoms with van der Waals surface area (Å²) in [4.78, 5) is 38.4. The van der Waals surface area contributed by atoms with Crippen LogP contribution in [0.3, 0.4) is 0 Å². The Morgan fingerprint density at radius 2 is 0.583 bits per heavy atom. The molecule has 36 heavy (non-hydrogen) atoms. The molecule has 14 nitrogen and oxygen atoms in total. The number of carbonyl (C=O) groups is 4. The van der Waals surface area contributed by atoms with Crippen molar-refractivity contribution in [3.05, 3.63) is 0 Å². The van der Waals surface area contributed by atoms with Gasteiger partial charge in [-0.1, -0.05) is 27.7 Å². The van der Waals surface area contributed by atoms with Gasteiger partial charge in [0.25, 0.3) is 0 Å². The number of carboxylic acids is 4. The lowest BCUT2D eigenvalue weighted by molar-refractivity contribution is -0.138. The number of hydrogen-bond acceptors (Lipinski definition) is 10. The summed E-state index contributed by atoms with van der Waals surface area (Å²) in [6.45, 7) is 5.91. The van der Waals surface area contributed by atoms with Gasteiger partial charge in [0.15, 0.2) is 0 Å². The van der Waals surface area contributed by atoms with Gasteiger partial charge in [-0.15, -0.1) is 0 Å². The second-order valence-corrected chi connectivity index (χ2v) is 6.61. The zero-order valence-electron chi connectivity index (χ0n) is 21.7. The molecule has 0 saturated heterocycles. The molecule has 0 aliphatic heterocycles. The third-order valence-electron chi connectivity index (χ3n) is 2.70. The average Bonchev–Trinajstić information content (AvgIpc) is 2.79. The van der Waals surface area contributed by atoms with E-state index >= 15 is 0 Å². The molecule has 10 N–H and O–H groups in total. The topological polar surface area (TPSA) is 271 Å². The third-order valence-corrected chi connectivity index (χ3v) is 2.70. The van der Waals surface area contributed by atoms with E-state index in [1.54, 1.807) is 0 Å². The van der Waals surface area contributed by atoms with Gasteiger partial charge in [-0.25, -0.2) is 0 Å². The molecule has 0 fully saturated rings. The summed E-state index contributed by atoms with van der Waals surface area (Å²) in [5.41, 5.74) is 0. The van der Waals surface area contributed by atoms with E-state index in [1.165, 1.54) is 0 Å². The molecule has 0 bridgehead atoms. The van der Waals surface area contributed by atoms with Crippen LogP contribution in [0.15, 0.2) is 0 Å². The Morgan fingerprint density at radius 3 is 0.583 bits per heavy atom. The van der Waals surface area contributed by atoms with E-state index in [4.69, 9.17) is 51.1 Å². The molecule has 0 saturated carbocycles. The summed E-state index contributed by atoms with van der Waals surface area (Å²) < 4.78 is 0. The van der Waals surface area contributed by atoms with Crippen molar-refractivity contribution < 1.29 is 70.2 Å². The van der Waals surface area contributed by atoms with Crippen LogP contribution in [0.25, 0.3) is 0 Å². The smallest absolute Gasteiger partial charge is 0.303 e. The standard InChI is InChI=1S/4C4H8O2.2C3H8O3/c4*1-2-3-4(5)6;2*4-1-3(6)2-5/h4*2-3H2,1H3,(H,5,6);2*3-6H,1-2H2. The first-order valence-electron chi connectivity index (χ1n) is 11.4. The maximum Gasteiger partial charge on any atom is 0.303 e. The van der Waals surface area contributed by atoms with Gasteiger partial charge in [0.1, 0.15) is 12.2 Å². The van der Waals surface area contributed by atoms with Gasteiger partial charge < -0.3 is 51.1 Å². The number of hydrogen-bond donors (Lipinski definition) is 10. The Hall–Kier alpha value is -2.36. The fraction of sp³-hybridized carbons (Fsp3) is 0.818. The van der Waals surface area contributed by atoms with Crippen molar-refractivity contribution in [1.29, 1.82) is 0 Å². The van der Waals surface area contributed by atoms with Crippen LogP contribution < -0.4 is 0 Å². The lowest BCUT2D eigenvalue weighted by Crippen LogP contribution is -2.15. The monoisotopic (exact) mass is 536 g/mol. The molecular weight excluding hydrogens is 488 g/mol. The van der Waals surface area contributed by atoms with Crippen LogP contribution in [0, 0.1) is 0 Å². The molecule has 0 unspecified atom stereocenters. The summed E-state index contributed by atoms with van der Waals surface area (Å²) in [7, 11) is 0. The summed E-state index contributed by atoms with van der Waals surface area (Å²) >= 11 is 0. The minimum Gasteiger partial charge on any atom is -0.481 e. The fourth-order valence-corrected chi connectivity index (χ4v) is 0.971. The lowest BCUT2D eigenvalue weighted by Gasteiger charge is -1.96. The number of aliphatic carboxylic acids is 4. The zero-order chi connectivity index (χ0) is 29.9. The minimum absolute atomic E-state index is 0.292. The minimum atomic E-state index is -0.954. The Labute approximate surface area is 212 Å². The highest BCUT2D eigenvalue weighted by Crippen LogP contribution is 1.83. The van der Waals surface area contributed by atoms with Crippen molar-refractivity contribution >= 4 is 23.9 Å².